The number of carbonyl (C=O) groups is 1. The van der Waals surface area contributed by atoms with Gasteiger partial charge in [0.2, 0.25) is 5.91 Å². The molecule has 1 N–H and O–H groups in total. The highest BCUT2D eigenvalue weighted by atomic mass is 16.1. The molecule has 0 saturated carbocycles. The van der Waals surface area contributed by atoms with E-state index in [2.05, 4.69) is 14.9 Å². The molecule has 2 aromatic heterocycles. The fourth-order valence-corrected chi connectivity index (χ4v) is 2.99. The van der Waals surface area contributed by atoms with Crippen molar-refractivity contribution in [3.63, 3.8) is 0 Å². The third-order valence-corrected chi connectivity index (χ3v) is 4.20. The lowest BCUT2D eigenvalue weighted by atomic mass is 10.2. The predicted molar refractivity (Wildman–Crippen MR) is 94.7 cm³/mol. The van der Waals surface area contributed by atoms with Crippen LogP contribution in [-0.2, 0) is 17.9 Å². The Morgan fingerprint density at radius 3 is 2.67 bits per heavy atom. The zero-order chi connectivity index (χ0) is 16.4. The summed E-state index contributed by atoms with van der Waals surface area (Å²) in [6, 6.07) is 18.1. The summed E-state index contributed by atoms with van der Waals surface area (Å²) < 4.78 is 4.03. The van der Waals surface area contributed by atoms with E-state index >= 15 is 0 Å². The zero-order valence-electron chi connectivity index (χ0n) is 13.2. The monoisotopic (exact) mass is 318 g/mol. The van der Waals surface area contributed by atoms with Gasteiger partial charge in [0.1, 0.15) is 6.54 Å². The van der Waals surface area contributed by atoms with E-state index in [1.807, 2.05) is 71.7 Å². The highest BCUT2D eigenvalue weighted by Gasteiger charge is 2.06. The van der Waals surface area contributed by atoms with Gasteiger partial charge in [0.15, 0.2) is 0 Å². The number of para-hydroxylation sites is 3. The molecule has 4 aromatic rings. The molecule has 2 heterocycles. The van der Waals surface area contributed by atoms with Gasteiger partial charge >= 0.3 is 0 Å². The van der Waals surface area contributed by atoms with Crippen LogP contribution in [0.25, 0.3) is 21.9 Å². The maximum atomic E-state index is 12.2. The molecule has 0 radical (unpaired) electrons. The van der Waals surface area contributed by atoms with E-state index in [1.54, 1.807) is 0 Å². The Kier molecular flexibility index (Phi) is 3.75. The van der Waals surface area contributed by atoms with Crippen LogP contribution < -0.4 is 5.32 Å². The maximum absolute atomic E-state index is 12.2. The van der Waals surface area contributed by atoms with E-state index in [0.29, 0.717) is 19.6 Å². The molecule has 0 aliphatic rings. The van der Waals surface area contributed by atoms with E-state index in [1.165, 1.54) is 0 Å². The molecular formula is C19H18N4O. The lowest BCUT2D eigenvalue weighted by Crippen LogP contribution is -2.30. The molecule has 24 heavy (non-hydrogen) atoms. The summed E-state index contributed by atoms with van der Waals surface area (Å²) in [6.07, 6.45) is 3.77. The molecule has 0 saturated heterocycles. The summed E-state index contributed by atoms with van der Waals surface area (Å²) in [7, 11) is 0. The first kappa shape index (κ1) is 14.5. The largest absolute Gasteiger partial charge is 0.353 e. The molecule has 0 spiro atoms. The molecular weight excluding hydrogens is 300 g/mol. The first-order valence-corrected chi connectivity index (χ1v) is 8.02. The van der Waals surface area contributed by atoms with E-state index in [0.717, 1.165) is 21.9 Å². The highest BCUT2D eigenvalue weighted by molar-refractivity contribution is 5.83. The van der Waals surface area contributed by atoms with Gasteiger partial charge in [0.25, 0.3) is 0 Å². The summed E-state index contributed by atoms with van der Waals surface area (Å²) in [6.45, 7) is 1.62. The third kappa shape index (κ3) is 2.76. The average Bonchev–Trinajstić information content (AvgIpc) is 3.20. The van der Waals surface area contributed by atoms with E-state index in [4.69, 9.17) is 0 Å². The van der Waals surface area contributed by atoms with E-state index in [9.17, 15) is 4.79 Å². The van der Waals surface area contributed by atoms with Gasteiger partial charge in [-0.15, -0.1) is 0 Å². The van der Waals surface area contributed by atoms with Gasteiger partial charge < -0.3 is 14.5 Å². The number of hydrogen-bond acceptors (Lipinski definition) is 2. The molecule has 0 aliphatic carbocycles. The molecule has 4 rings (SSSR count). The quantitative estimate of drug-likeness (QED) is 0.615. The molecule has 1 amide bonds. The number of amides is 1. The number of nitrogens with zero attached hydrogens (tertiary/aromatic N) is 3. The molecule has 120 valence electrons. The number of benzene rings is 2. The van der Waals surface area contributed by atoms with Gasteiger partial charge in [-0.25, -0.2) is 4.98 Å². The Hall–Kier alpha value is -3.08. The molecule has 0 bridgehead atoms. The summed E-state index contributed by atoms with van der Waals surface area (Å²) in [5.41, 5.74) is 3.14. The third-order valence-electron chi connectivity index (χ3n) is 4.20. The Balaban J connectivity index is 1.37. The van der Waals surface area contributed by atoms with Crippen molar-refractivity contribution in [2.75, 3.05) is 6.54 Å². The second-order valence-corrected chi connectivity index (χ2v) is 5.78. The fourth-order valence-electron chi connectivity index (χ4n) is 2.99. The molecule has 5 heteroatoms. The summed E-state index contributed by atoms with van der Waals surface area (Å²) >= 11 is 0. The average molecular weight is 318 g/mol. The molecule has 0 aliphatic heterocycles. The first-order valence-electron chi connectivity index (χ1n) is 8.02. The van der Waals surface area contributed by atoms with Crippen LogP contribution in [0.15, 0.2) is 67.1 Å². The molecule has 5 nitrogen and oxygen atoms in total. The van der Waals surface area contributed by atoms with Crippen LogP contribution in [0, 0.1) is 0 Å². The number of fused-ring (bicyclic) bond motifs is 2. The highest BCUT2D eigenvalue weighted by Crippen LogP contribution is 2.14. The van der Waals surface area contributed by atoms with Crippen LogP contribution in [0.2, 0.25) is 0 Å². The maximum Gasteiger partial charge on any atom is 0.240 e. The van der Waals surface area contributed by atoms with Crippen LogP contribution in [0.1, 0.15) is 0 Å². The standard InChI is InChI=1S/C19H18N4O/c24-19(13-22-11-9-15-5-1-3-7-17(15)22)20-10-12-23-14-21-16-6-2-4-8-18(16)23/h1-9,11,14H,10,12-13H2,(H,20,24). The van der Waals surface area contributed by atoms with Crippen molar-refractivity contribution in [1.82, 2.24) is 19.4 Å². The number of imidazole rings is 1. The molecule has 2 aromatic carbocycles. The Morgan fingerprint density at radius 1 is 0.958 bits per heavy atom. The predicted octanol–water partition coefficient (Wildman–Crippen LogP) is 2.81. The minimum absolute atomic E-state index is 0.0146. The van der Waals surface area contributed by atoms with Gasteiger partial charge in [0, 0.05) is 24.8 Å². The van der Waals surface area contributed by atoms with Crippen molar-refractivity contribution in [1.29, 1.82) is 0 Å². The van der Waals surface area contributed by atoms with Crippen LogP contribution in [0.5, 0.6) is 0 Å². The zero-order valence-corrected chi connectivity index (χ0v) is 13.2. The summed E-state index contributed by atoms with van der Waals surface area (Å²) in [5.74, 6) is 0.0146. The second-order valence-electron chi connectivity index (χ2n) is 5.78. The first-order chi connectivity index (χ1) is 11.8. The van der Waals surface area contributed by atoms with Crippen LogP contribution in [0.4, 0.5) is 0 Å². The van der Waals surface area contributed by atoms with Crippen molar-refractivity contribution in [3.8, 4) is 0 Å². The van der Waals surface area contributed by atoms with Crippen molar-refractivity contribution >= 4 is 27.8 Å². The number of nitrogens with one attached hydrogen (secondary N) is 1. The lowest BCUT2D eigenvalue weighted by molar-refractivity contribution is -0.121. The van der Waals surface area contributed by atoms with Crippen molar-refractivity contribution in [2.24, 2.45) is 0 Å². The number of carbonyl (C=O) groups excluding carboxylic acids is 1. The smallest absolute Gasteiger partial charge is 0.240 e. The molecule has 0 fully saturated rings. The van der Waals surface area contributed by atoms with Gasteiger partial charge in [-0.05, 0) is 29.7 Å². The van der Waals surface area contributed by atoms with Crippen molar-refractivity contribution in [2.45, 2.75) is 13.1 Å². The molecule has 0 unspecified atom stereocenters. The minimum Gasteiger partial charge on any atom is -0.353 e. The number of hydrogen-bond donors (Lipinski definition) is 1. The fraction of sp³-hybridized carbons (Fsp3) is 0.158. The van der Waals surface area contributed by atoms with Gasteiger partial charge in [0.05, 0.1) is 17.4 Å². The topological polar surface area (TPSA) is 51.9 Å². The second kappa shape index (κ2) is 6.20. The van der Waals surface area contributed by atoms with E-state index in [-0.39, 0.29) is 5.91 Å². The van der Waals surface area contributed by atoms with Crippen molar-refractivity contribution in [3.05, 3.63) is 67.1 Å². The van der Waals surface area contributed by atoms with Crippen LogP contribution in [-0.4, -0.2) is 26.6 Å². The van der Waals surface area contributed by atoms with Crippen molar-refractivity contribution < 1.29 is 4.79 Å². The lowest BCUT2D eigenvalue weighted by Gasteiger charge is -2.08. The Bertz CT molecular complexity index is 999. The van der Waals surface area contributed by atoms with Gasteiger partial charge in [-0.2, -0.15) is 0 Å². The van der Waals surface area contributed by atoms with Gasteiger partial charge in [-0.3, -0.25) is 4.79 Å². The Labute approximate surface area is 139 Å². The summed E-state index contributed by atoms with van der Waals surface area (Å²) in [4.78, 5) is 16.5. The van der Waals surface area contributed by atoms with Crippen LogP contribution >= 0.6 is 0 Å². The molecule has 0 atom stereocenters. The number of aromatic nitrogens is 3. The number of rotatable bonds is 5. The van der Waals surface area contributed by atoms with E-state index < -0.39 is 0 Å². The Morgan fingerprint density at radius 2 is 1.75 bits per heavy atom. The SMILES string of the molecule is O=C(Cn1ccc2ccccc21)NCCn1cnc2ccccc21. The minimum atomic E-state index is 0.0146. The van der Waals surface area contributed by atoms with Crippen LogP contribution in [0.3, 0.4) is 0 Å². The summed E-state index contributed by atoms with van der Waals surface area (Å²) in [5, 5.41) is 4.13. The van der Waals surface area contributed by atoms with Gasteiger partial charge in [-0.1, -0.05) is 30.3 Å². The normalized spacial score (nSPS) is 11.2.